The number of methoxy groups -OCH3 is 1. The van der Waals surface area contributed by atoms with Crippen molar-refractivity contribution in [3.8, 4) is 5.75 Å². The summed E-state index contributed by atoms with van der Waals surface area (Å²) in [5.41, 5.74) is 0.773. The highest BCUT2D eigenvalue weighted by molar-refractivity contribution is 5.98. The van der Waals surface area contributed by atoms with Crippen molar-refractivity contribution in [3.63, 3.8) is 0 Å². The van der Waals surface area contributed by atoms with Crippen LogP contribution in [0.3, 0.4) is 0 Å². The molecule has 0 aromatic heterocycles. The molecule has 1 aromatic carbocycles. The van der Waals surface area contributed by atoms with Crippen LogP contribution in [0.15, 0.2) is 12.1 Å². The van der Waals surface area contributed by atoms with Crippen molar-refractivity contribution in [2.75, 3.05) is 7.11 Å². The SMILES string of the molecule is COc1cc(C)c(F)cc1C1CC(=O)OC1=O. The molecule has 0 radical (unpaired) electrons. The van der Waals surface area contributed by atoms with Crippen LogP contribution in [0.25, 0.3) is 0 Å². The minimum Gasteiger partial charge on any atom is -0.496 e. The van der Waals surface area contributed by atoms with Gasteiger partial charge in [0.05, 0.1) is 19.4 Å². The van der Waals surface area contributed by atoms with Crippen molar-refractivity contribution < 1.29 is 23.5 Å². The van der Waals surface area contributed by atoms with E-state index in [1.54, 1.807) is 6.92 Å². The topological polar surface area (TPSA) is 52.6 Å². The van der Waals surface area contributed by atoms with Crippen molar-refractivity contribution in [1.82, 2.24) is 0 Å². The summed E-state index contributed by atoms with van der Waals surface area (Å²) in [6, 6.07) is 2.72. The third-order valence-corrected chi connectivity index (χ3v) is 2.76. The van der Waals surface area contributed by atoms with Gasteiger partial charge in [0, 0.05) is 5.56 Å². The van der Waals surface area contributed by atoms with E-state index in [2.05, 4.69) is 4.74 Å². The average molecular weight is 238 g/mol. The zero-order chi connectivity index (χ0) is 12.6. The molecule has 0 N–H and O–H groups in total. The Hall–Kier alpha value is -1.91. The van der Waals surface area contributed by atoms with E-state index < -0.39 is 23.7 Å². The van der Waals surface area contributed by atoms with Gasteiger partial charge in [0.2, 0.25) is 0 Å². The minimum atomic E-state index is -0.771. The van der Waals surface area contributed by atoms with Crippen LogP contribution in [-0.2, 0) is 14.3 Å². The Morgan fingerprint density at radius 2 is 2.12 bits per heavy atom. The minimum absolute atomic E-state index is 0.0717. The number of benzene rings is 1. The van der Waals surface area contributed by atoms with Crippen LogP contribution in [0.5, 0.6) is 5.75 Å². The van der Waals surface area contributed by atoms with E-state index in [4.69, 9.17) is 4.74 Å². The first kappa shape index (κ1) is 11.6. The van der Waals surface area contributed by atoms with Gasteiger partial charge in [-0.1, -0.05) is 0 Å². The first-order valence-electron chi connectivity index (χ1n) is 5.11. The Morgan fingerprint density at radius 3 is 2.65 bits per heavy atom. The second kappa shape index (κ2) is 4.16. The predicted octanol–water partition coefficient (Wildman–Crippen LogP) is 1.70. The van der Waals surface area contributed by atoms with Crippen molar-refractivity contribution >= 4 is 11.9 Å². The van der Waals surface area contributed by atoms with Gasteiger partial charge in [0.1, 0.15) is 11.6 Å². The summed E-state index contributed by atoms with van der Waals surface area (Å²) >= 11 is 0. The molecule has 90 valence electrons. The number of carbonyl (C=O) groups is 2. The van der Waals surface area contributed by atoms with E-state index in [1.165, 1.54) is 19.2 Å². The molecule has 0 bridgehead atoms. The average Bonchev–Trinajstić information content (AvgIpc) is 2.61. The molecule has 1 aliphatic rings. The summed E-state index contributed by atoms with van der Waals surface area (Å²) in [6.45, 7) is 1.60. The van der Waals surface area contributed by atoms with Crippen LogP contribution >= 0.6 is 0 Å². The lowest BCUT2D eigenvalue weighted by atomic mass is 9.95. The van der Waals surface area contributed by atoms with Gasteiger partial charge in [0.25, 0.3) is 0 Å². The lowest BCUT2D eigenvalue weighted by molar-refractivity contribution is -0.152. The summed E-state index contributed by atoms with van der Waals surface area (Å²) < 4.78 is 23.0. The molecule has 0 aliphatic carbocycles. The fraction of sp³-hybridized carbons (Fsp3) is 0.333. The molecule has 2 rings (SSSR count). The maximum Gasteiger partial charge on any atom is 0.321 e. The summed E-state index contributed by atoms with van der Waals surface area (Å²) in [5.74, 6) is -2.07. The monoisotopic (exact) mass is 238 g/mol. The number of hydrogen-bond donors (Lipinski definition) is 0. The zero-order valence-electron chi connectivity index (χ0n) is 9.45. The van der Waals surface area contributed by atoms with Crippen LogP contribution in [0, 0.1) is 12.7 Å². The van der Waals surface area contributed by atoms with E-state index in [0.29, 0.717) is 16.9 Å². The quantitative estimate of drug-likeness (QED) is 0.581. The second-order valence-electron chi connectivity index (χ2n) is 3.89. The molecule has 1 heterocycles. The number of cyclic esters (lactones) is 2. The van der Waals surface area contributed by atoms with Crippen LogP contribution in [0.1, 0.15) is 23.5 Å². The molecule has 1 saturated heterocycles. The third kappa shape index (κ3) is 2.00. The Kier molecular flexibility index (Phi) is 2.83. The summed E-state index contributed by atoms with van der Waals surface area (Å²) in [7, 11) is 1.43. The summed E-state index contributed by atoms with van der Waals surface area (Å²) in [6.07, 6.45) is -0.0717. The zero-order valence-corrected chi connectivity index (χ0v) is 9.45. The van der Waals surface area contributed by atoms with Crippen molar-refractivity contribution in [2.24, 2.45) is 0 Å². The number of halogens is 1. The second-order valence-corrected chi connectivity index (χ2v) is 3.89. The molecule has 0 spiro atoms. The summed E-state index contributed by atoms with van der Waals surface area (Å²) in [5, 5.41) is 0. The van der Waals surface area contributed by atoms with Gasteiger partial charge in [-0.25, -0.2) is 4.39 Å². The van der Waals surface area contributed by atoms with E-state index in [0.717, 1.165) is 0 Å². The standard InChI is InChI=1S/C12H11FO4/c1-6-3-10(16-2)7(4-9(6)13)8-5-11(14)17-12(8)15/h3-4,8H,5H2,1-2H3. The van der Waals surface area contributed by atoms with Gasteiger partial charge in [-0.3, -0.25) is 9.59 Å². The van der Waals surface area contributed by atoms with Crippen molar-refractivity contribution in [3.05, 3.63) is 29.1 Å². The van der Waals surface area contributed by atoms with E-state index in [9.17, 15) is 14.0 Å². The predicted molar refractivity (Wildman–Crippen MR) is 56.1 cm³/mol. The number of aryl methyl sites for hydroxylation is 1. The fourth-order valence-corrected chi connectivity index (χ4v) is 1.83. The molecule has 0 amide bonds. The Bertz CT molecular complexity index is 496. The Morgan fingerprint density at radius 1 is 1.41 bits per heavy atom. The van der Waals surface area contributed by atoms with E-state index in [-0.39, 0.29) is 6.42 Å². The number of hydrogen-bond acceptors (Lipinski definition) is 4. The van der Waals surface area contributed by atoms with Crippen LogP contribution in [-0.4, -0.2) is 19.0 Å². The number of ether oxygens (including phenoxy) is 2. The number of carbonyl (C=O) groups excluding carboxylic acids is 2. The lowest BCUT2D eigenvalue weighted by Crippen LogP contribution is -2.08. The molecule has 17 heavy (non-hydrogen) atoms. The molecule has 1 fully saturated rings. The third-order valence-electron chi connectivity index (χ3n) is 2.76. The Balaban J connectivity index is 2.47. The molecule has 1 aromatic rings. The molecular formula is C12H11FO4. The van der Waals surface area contributed by atoms with Gasteiger partial charge < -0.3 is 9.47 Å². The van der Waals surface area contributed by atoms with Crippen molar-refractivity contribution in [2.45, 2.75) is 19.3 Å². The van der Waals surface area contributed by atoms with Crippen LogP contribution in [0.4, 0.5) is 4.39 Å². The van der Waals surface area contributed by atoms with Crippen LogP contribution < -0.4 is 4.74 Å². The largest absolute Gasteiger partial charge is 0.496 e. The first-order valence-corrected chi connectivity index (χ1v) is 5.11. The highest BCUT2D eigenvalue weighted by Crippen LogP contribution is 2.35. The van der Waals surface area contributed by atoms with Gasteiger partial charge in [-0.15, -0.1) is 0 Å². The van der Waals surface area contributed by atoms with Gasteiger partial charge in [-0.2, -0.15) is 0 Å². The van der Waals surface area contributed by atoms with Crippen LogP contribution in [0.2, 0.25) is 0 Å². The highest BCUT2D eigenvalue weighted by atomic mass is 19.1. The number of rotatable bonds is 2. The molecule has 5 heteroatoms. The van der Waals surface area contributed by atoms with Gasteiger partial charge >= 0.3 is 11.9 Å². The Labute approximate surface area is 97.3 Å². The van der Waals surface area contributed by atoms with Gasteiger partial charge in [0.15, 0.2) is 0 Å². The summed E-state index contributed by atoms with van der Waals surface area (Å²) in [4.78, 5) is 22.4. The molecule has 0 saturated carbocycles. The smallest absolute Gasteiger partial charge is 0.321 e. The maximum atomic E-state index is 13.5. The molecule has 1 aliphatic heterocycles. The van der Waals surface area contributed by atoms with E-state index in [1.807, 2.05) is 0 Å². The van der Waals surface area contributed by atoms with Gasteiger partial charge in [-0.05, 0) is 24.6 Å². The molecule has 4 nitrogen and oxygen atoms in total. The van der Waals surface area contributed by atoms with Crippen molar-refractivity contribution in [1.29, 1.82) is 0 Å². The first-order chi connectivity index (χ1) is 8.02. The highest BCUT2D eigenvalue weighted by Gasteiger charge is 2.36. The van der Waals surface area contributed by atoms with E-state index >= 15 is 0 Å². The molecule has 1 atom stereocenters. The number of esters is 2. The molecular weight excluding hydrogens is 227 g/mol. The fourth-order valence-electron chi connectivity index (χ4n) is 1.83. The molecule has 1 unspecified atom stereocenters. The lowest BCUT2D eigenvalue weighted by Gasteiger charge is -2.12. The normalized spacial score (nSPS) is 19.4. The maximum absolute atomic E-state index is 13.5.